The first-order valence-corrected chi connectivity index (χ1v) is 8.24. The van der Waals surface area contributed by atoms with Crippen LogP contribution in [0.3, 0.4) is 0 Å². The molecule has 21 heavy (non-hydrogen) atoms. The molecule has 1 aliphatic rings. The summed E-state index contributed by atoms with van der Waals surface area (Å²) in [6, 6.07) is 9.65. The summed E-state index contributed by atoms with van der Waals surface area (Å²) < 4.78 is 0. The van der Waals surface area contributed by atoms with Gasteiger partial charge in [0.15, 0.2) is 0 Å². The van der Waals surface area contributed by atoms with Crippen molar-refractivity contribution in [2.75, 3.05) is 33.7 Å². The van der Waals surface area contributed by atoms with Crippen molar-refractivity contribution in [1.82, 2.24) is 9.80 Å². The lowest BCUT2D eigenvalue weighted by atomic mass is 10.0. The van der Waals surface area contributed by atoms with E-state index in [-0.39, 0.29) is 6.04 Å². The first kappa shape index (κ1) is 16.5. The number of rotatable bonds is 6. The second kappa shape index (κ2) is 7.39. The van der Waals surface area contributed by atoms with Gasteiger partial charge in [0, 0.05) is 31.7 Å². The quantitative estimate of drug-likeness (QED) is 0.873. The Hall–Kier alpha value is -0.900. The van der Waals surface area contributed by atoms with Gasteiger partial charge in [-0.3, -0.25) is 4.90 Å². The Kier molecular flexibility index (Phi) is 5.80. The van der Waals surface area contributed by atoms with Crippen molar-refractivity contribution in [3.63, 3.8) is 0 Å². The summed E-state index contributed by atoms with van der Waals surface area (Å²) in [5.41, 5.74) is 9.08. The average molecular weight is 289 g/mol. The van der Waals surface area contributed by atoms with Gasteiger partial charge in [0.25, 0.3) is 0 Å². The fourth-order valence-corrected chi connectivity index (χ4v) is 3.47. The second-order valence-electron chi connectivity index (χ2n) is 6.82. The molecule has 3 nitrogen and oxygen atoms in total. The van der Waals surface area contributed by atoms with E-state index in [0.717, 1.165) is 32.0 Å². The molecular formula is C18H31N3. The predicted octanol–water partition coefficient (Wildman–Crippen LogP) is 2.52. The van der Waals surface area contributed by atoms with Crippen molar-refractivity contribution in [2.24, 2.45) is 11.7 Å². The zero-order valence-electron chi connectivity index (χ0n) is 14.0. The van der Waals surface area contributed by atoms with Crippen LogP contribution in [0.2, 0.25) is 0 Å². The normalized spacial score (nSPS) is 24.7. The number of aryl methyl sites for hydroxylation is 1. The average Bonchev–Trinajstić information content (AvgIpc) is 2.81. The largest absolute Gasteiger partial charge is 0.323 e. The summed E-state index contributed by atoms with van der Waals surface area (Å²) >= 11 is 0. The van der Waals surface area contributed by atoms with Crippen LogP contribution in [0, 0.1) is 5.92 Å². The molecule has 0 saturated carbocycles. The van der Waals surface area contributed by atoms with Crippen LogP contribution in [0.15, 0.2) is 24.3 Å². The number of likely N-dealkylation sites (N-methyl/N-ethyl adjacent to an activating group) is 1. The highest BCUT2D eigenvalue weighted by Gasteiger charge is 2.31. The molecule has 1 fully saturated rings. The molecule has 0 radical (unpaired) electrons. The van der Waals surface area contributed by atoms with Crippen LogP contribution in [-0.2, 0) is 6.42 Å². The summed E-state index contributed by atoms with van der Waals surface area (Å²) in [5.74, 6) is 0.721. The first-order chi connectivity index (χ1) is 10.0. The second-order valence-corrected chi connectivity index (χ2v) is 6.82. The Labute approximate surface area is 130 Å². The lowest BCUT2D eigenvalue weighted by Crippen LogP contribution is -2.36. The van der Waals surface area contributed by atoms with E-state index in [9.17, 15) is 0 Å². The maximum Gasteiger partial charge on any atom is 0.0424 e. The monoisotopic (exact) mass is 289 g/mol. The molecule has 3 heteroatoms. The fourth-order valence-electron chi connectivity index (χ4n) is 3.47. The highest BCUT2D eigenvalue weighted by atomic mass is 15.2. The van der Waals surface area contributed by atoms with Gasteiger partial charge < -0.3 is 10.6 Å². The summed E-state index contributed by atoms with van der Waals surface area (Å²) in [6.45, 7) is 7.81. The molecule has 1 saturated heterocycles. The van der Waals surface area contributed by atoms with E-state index in [4.69, 9.17) is 5.73 Å². The van der Waals surface area contributed by atoms with Gasteiger partial charge in [0.2, 0.25) is 0 Å². The Morgan fingerprint density at radius 2 is 1.90 bits per heavy atom. The summed E-state index contributed by atoms with van der Waals surface area (Å²) in [6.07, 6.45) is 2.35. The van der Waals surface area contributed by atoms with E-state index in [1.54, 1.807) is 0 Å². The first-order valence-electron chi connectivity index (χ1n) is 8.24. The van der Waals surface area contributed by atoms with Crippen molar-refractivity contribution in [1.29, 1.82) is 0 Å². The molecule has 2 N–H and O–H groups in total. The fraction of sp³-hybridized carbons (Fsp3) is 0.667. The summed E-state index contributed by atoms with van der Waals surface area (Å²) in [4.78, 5) is 4.86. The lowest BCUT2D eigenvalue weighted by Gasteiger charge is -2.24. The molecule has 0 aliphatic carbocycles. The van der Waals surface area contributed by atoms with Gasteiger partial charge in [-0.05, 0) is 37.6 Å². The SMILES string of the molecule is CCCc1ccc(C(N)CN2CC(C)C(N(C)C)C2)cc1. The minimum absolute atomic E-state index is 0.119. The molecule has 1 aliphatic heterocycles. The molecule has 0 amide bonds. The highest BCUT2D eigenvalue weighted by molar-refractivity contribution is 5.25. The van der Waals surface area contributed by atoms with Crippen LogP contribution in [0.1, 0.15) is 37.4 Å². The summed E-state index contributed by atoms with van der Waals surface area (Å²) in [5, 5.41) is 0. The van der Waals surface area contributed by atoms with Gasteiger partial charge in [-0.1, -0.05) is 44.5 Å². The third-order valence-electron chi connectivity index (χ3n) is 4.71. The predicted molar refractivity (Wildman–Crippen MR) is 90.4 cm³/mol. The van der Waals surface area contributed by atoms with Gasteiger partial charge in [0.05, 0.1) is 0 Å². The third kappa shape index (κ3) is 4.29. The molecule has 3 atom stereocenters. The van der Waals surface area contributed by atoms with E-state index in [1.807, 2.05) is 0 Å². The van der Waals surface area contributed by atoms with E-state index in [1.165, 1.54) is 17.5 Å². The van der Waals surface area contributed by atoms with Crippen molar-refractivity contribution in [3.05, 3.63) is 35.4 Å². The van der Waals surface area contributed by atoms with Crippen molar-refractivity contribution in [3.8, 4) is 0 Å². The lowest BCUT2D eigenvalue weighted by molar-refractivity contribution is 0.248. The Morgan fingerprint density at radius 1 is 1.24 bits per heavy atom. The topological polar surface area (TPSA) is 32.5 Å². The number of hydrogen-bond donors (Lipinski definition) is 1. The molecular weight excluding hydrogens is 258 g/mol. The zero-order chi connectivity index (χ0) is 15.4. The van der Waals surface area contributed by atoms with Crippen LogP contribution in [0.5, 0.6) is 0 Å². The van der Waals surface area contributed by atoms with Gasteiger partial charge in [0.1, 0.15) is 0 Å². The highest BCUT2D eigenvalue weighted by Crippen LogP contribution is 2.22. The molecule has 1 aromatic rings. The Morgan fingerprint density at radius 3 is 2.43 bits per heavy atom. The Balaban J connectivity index is 1.91. The minimum atomic E-state index is 0.119. The van der Waals surface area contributed by atoms with Crippen molar-refractivity contribution < 1.29 is 0 Å². The van der Waals surface area contributed by atoms with E-state index in [0.29, 0.717) is 6.04 Å². The van der Waals surface area contributed by atoms with Crippen molar-refractivity contribution in [2.45, 2.75) is 38.8 Å². The molecule has 0 bridgehead atoms. The number of nitrogens with two attached hydrogens (primary N) is 1. The third-order valence-corrected chi connectivity index (χ3v) is 4.71. The van der Waals surface area contributed by atoms with Gasteiger partial charge in [-0.25, -0.2) is 0 Å². The van der Waals surface area contributed by atoms with E-state index in [2.05, 4.69) is 62.0 Å². The van der Waals surface area contributed by atoms with Crippen molar-refractivity contribution >= 4 is 0 Å². The summed E-state index contributed by atoms with van der Waals surface area (Å²) in [7, 11) is 4.36. The maximum atomic E-state index is 6.41. The zero-order valence-corrected chi connectivity index (χ0v) is 14.0. The molecule has 118 valence electrons. The van der Waals surface area contributed by atoms with E-state index >= 15 is 0 Å². The van der Waals surface area contributed by atoms with Gasteiger partial charge in [-0.15, -0.1) is 0 Å². The molecule has 0 aromatic heterocycles. The van der Waals surface area contributed by atoms with Gasteiger partial charge in [-0.2, -0.15) is 0 Å². The molecule has 1 heterocycles. The maximum absolute atomic E-state index is 6.41. The van der Waals surface area contributed by atoms with E-state index < -0.39 is 0 Å². The number of likely N-dealkylation sites (tertiary alicyclic amines) is 1. The molecule has 0 spiro atoms. The Bertz CT molecular complexity index is 427. The standard InChI is InChI=1S/C18H31N3/c1-5-6-15-7-9-16(10-8-15)17(19)12-21-11-14(2)18(13-21)20(3)4/h7-10,14,17-18H,5-6,11-13,19H2,1-4H3. The smallest absolute Gasteiger partial charge is 0.0424 e. The van der Waals surface area contributed by atoms with Gasteiger partial charge >= 0.3 is 0 Å². The van der Waals surface area contributed by atoms with Crippen LogP contribution in [0.25, 0.3) is 0 Å². The van der Waals surface area contributed by atoms with Crippen LogP contribution in [0.4, 0.5) is 0 Å². The number of nitrogens with zero attached hydrogens (tertiary/aromatic N) is 2. The van der Waals surface area contributed by atoms with Crippen LogP contribution >= 0.6 is 0 Å². The molecule has 2 rings (SSSR count). The van der Waals surface area contributed by atoms with Crippen LogP contribution in [-0.4, -0.2) is 49.6 Å². The van der Waals surface area contributed by atoms with Crippen LogP contribution < -0.4 is 5.73 Å². The molecule has 1 aromatic carbocycles. The molecule has 3 unspecified atom stereocenters. The minimum Gasteiger partial charge on any atom is -0.323 e. The number of hydrogen-bond acceptors (Lipinski definition) is 3. The number of benzene rings is 1.